The third-order valence-electron chi connectivity index (χ3n) is 5.71. The molecule has 2 saturated heterocycles. The molecule has 0 N–H and O–H groups in total. The molecule has 1 unspecified atom stereocenters. The van der Waals surface area contributed by atoms with E-state index >= 15 is 0 Å². The second kappa shape index (κ2) is 7.66. The van der Waals surface area contributed by atoms with Crippen molar-refractivity contribution in [3.63, 3.8) is 0 Å². The summed E-state index contributed by atoms with van der Waals surface area (Å²) < 4.78 is 5.59. The highest BCUT2D eigenvalue weighted by Crippen LogP contribution is 2.44. The molecule has 0 aliphatic carbocycles. The number of carbonyl (C=O) groups is 1. The summed E-state index contributed by atoms with van der Waals surface area (Å²) in [7, 11) is 4.26. The molecular formula is C20H30N2O2. The minimum Gasteiger partial charge on any atom is -0.381 e. The molecule has 1 spiro atoms. The second-order valence-corrected chi connectivity index (χ2v) is 7.69. The highest BCUT2D eigenvalue weighted by atomic mass is 16.5. The molecule has 0 radical (unpaired) electrons. The first-order valence-electron chi connectivity index (χ1n) is 9.13. The summed E-state index contributed by atoms with van der Waals surface area (Å²) >= 11 is 0. The van der Waals surface area contributed by atoms with E-state index in [9.17, 15) is 4.79 Å². The Morgan fingerprint density at radius 2 is 1.96 bits per heavy atom. The normalized spacial score (nSPS) is 23.1. The molecule has 3 rings (SSSR count). The van der Waals surface area contributed by atoms with Crippen molar-refractivity contribution in [2.45, 2.75) is 25.7 Å². The van der Waals surface area contributed by atoms with Crippen LogP contribution < -0.4 is 0 Å². The number of aryl methyl sites for hydroxylation is 1. The topological polar surface area (TPSA) is 32.8 Å². The first kappa shape index (κ1) is 17.4. The largest absolute Gasteiger partial charge is 0.381 e. The fraction of sp³-hybridized carbons (Fsp3) is 0.650. The van der Waals surface area contributed by atoms with Gasteiger partial charge in [-0.2, -0.15) is 0 Å². The predicted octanol–water partition coefficient (Wildman–Crippen LogP) is 2.44. The van der Waals surface area contributed by atoms with Gasteiger partial charge in [-0.05, 0) is 50.3 Å². The highest BCUT2D eigenvalue weighted by Gasteiger charge is 2.48. The quantitative estimate of drug-likeness (QED) is 0.831. The van der Waals surface area contributed by atoms with Crippen LogP contribution in [0.15, 0.2) is 30.3 Å². The van der Waals surface area contributed by atoms with Crippen LogP contribution >= 0.6 is 0 Å². The van der Waals surface area contributed by atoms with Crippen molar-refractivity contribution in [3.05, 3.63) is 35.9 Å². The van der Waals surface area contributed by atoms with Crippen LogP contribution in [0.25, 0.3) is 0 Å². The van der Waals surface area contributed by atoms with E-state index in [1.165, 1.54) is 5.56 Å². The van der Waals surface area contributed by atoms with Gasteiger partial charge in [-0.1, -0.05) is 30.3 Å². The summed E-state index contributed by atoms with van der Waals surface area (Å²) in [6.45, 7) is 4.57. The monoisotopic (exact) mass is 330 g/mol. The van der Waals surface area contributed by atoms with Gasteiger partial charge < -0.3 is 14.5 Å². The molecule has 2 aliphatic rings. The summed E-state index contributed by atoms with van der Waals surface area (Å²) in [4.78, 5) is 17.1. The number of nitrogens with zero attached hydrogens (tertiary/aromatic N) is 2. The van der Waals surface area contributed by atoms with Crippen LogP contribution in [0.2, 0.25) is 0 Å². The maximum Gasteiger partial charge on any atom is 0.222 e. The number of hydrogen-bond donors (Lipinski definition) is 0. The van der Waals surface area contributed by atoms with Crippen LogP contribution in [0, 0.1) is 11.3 Å². The number of benzene rings is 1. The number of likely N-dealkylation sites (tertiary alicyclic amines) is 1. The van der Waals surface area contributed by atoms with Gasteiger partial charge in [0.05, 0.1) is 0 Å². The molecule has 1 atom stereocenters. The molecule has 0 aromatic heterocycles. The first-order chi connectivity index (χ1) is 11.6. The minimum absolute atomic E-state index is 0.269. The van der Waals surface area contributed by atoms with Gasteiger partial charge in [0.25, 0.3) is 0 Å². The van der Waals surface area contributed by atoms with E-state index in [2.05, 4.69) is 36.0 Å². The molecule has 1 aromatic carbocycles. The Balaban J connectivity index is 1.62. The van der Waals surface area contributed by atoms with Crippen molar-refractivity contribution in [2.24, 2.45) is 11.3 Å². The number of rotatable bonds is 5. The Morgan fingerprint density at radius 3 is 2.62 bits per heavy atom. The number of amides is 1. The SMILES string of the molecule is CN(C)CC1CN(C(=O)CCc2ccccc2)CC12CCOCC2. The van der Waals surface area contributed by atoms with Crippen LogP contribution in [-0.2, 0) is 16.0 Å². The lowest BCUT2D eigenvalue weighted by Crippen LogP contribution is -2.40. The molecule has 132 valence electrons. The van der Waals surface area contributed by atoms with Crippen LogP contribution in [0.5, 0.6) is 0 Å². The zero-order valence-electron chi connectivity index (χ0n) is 15.0. The van der Waals surface area contributed by atoms with Crippen molar-refractivity contribution in [1.82, 2.24) is 9.80 Å². The van der Waals surface area contributed by atoms with Crippen LogP contribution in [-0.4, -0.2) is 62.7 Å². The van der Waals surface area contributed by atoms with Crippen LogP contribution in [0.4, 0.5) is 0 Å². The molecule has 24 heavy (non-hydrogen) atoms. The Labute approximate surface area is 145 Å². The standard InChI is InChI=1S/C20H30N2O2/c1-21(2)14-18-15-22(16-20(18)10-12-24-13-11-20)19(23)9-8-17-6-4-3-5-7-17/h3-7,18H,8-16H2,1-2H3. The average Bonchev–Trinajstić information content (AvgIpc) is 2.91. The van der Waals surface area contributed by atoms with E-state index in [0.29, 0.717) is 18.2 Å². The Hall–Kier alpha value is -1.39. The van der Waals surface area contributed by atoms with E-state index in [-0.39, 0.29) is 5.41 Å². The van der Waals surface area contributed by atoms with Crippen molar-refractivity contribution < 1.29 is 9.53 Å². The van der Waals surface area contributed by atoms with E-state index in [1.54, 1.807) is 0 Å². The van der Waals surface area contributed by atoms with Crippen LogP contribution in [0.3, 0.4) is 0 Å². The molecule has 2 aliphatic heterocycles. The minimum atomic E-state index is 0.269. The van der Waals surface area contributed by atoms with Gasteiger partial charge >= 0.3 is 0 Å². The number of hydrogen-bond acceptors (Lipinski definition) is 3. The smallest absolute Gasteiger partial charge is 0.222 e. The van der Waals surface area contributed by atoms with E-state index in [4.69, 9.17) is 4.74 Å². The lowest BCUT2D eigenvalue weighted by atomic mass is 9.72. The summed E-state index contributed by atoms with van der Waals surface area (Å²) in [5.74, 6) is 0.878. The Bertz CT molecular complexity index is 538. The summed E-state index contributed by atoms with van der Waals surface area (Å²) in [6, 6.07) is 10.3. The molecule has 4 heteroatoms. The first-order valence-corrected chi connectivity index (χ1v) is 9.13. The summed E-state index contributed by atoms with van der Waals surface area (Å²) in [5.41, 5.74) is 1.51. The van der Waals surface area contributed by atoms with Crippen molar-refractivity contribution >= 4 is 5.91 Å². The summed E-state index contributed by atoms with van der Waals surface area (Å²) in [5, 5.41) is 0. The molecule has 0 saturated carbocycles. The lowest BCUT2D eigenvalue weighted by molar-refractivity contribution is -0.130. The maximum atomic E-state index is 12.8. The lowest BCUT2D eigenvalue weighted by Gasteiger charge is -2.38. The maximum absolute atomic E-state index is 12.8. The number of carbonyl (C=O) groups excluding carboxylic acids is 1. The third-order valence-corrected chi connectivity index (χ3v) is 5.71. The second-order valence-electron chi connectivity index (χ2n) is 7.69. The van der Waals surface area contributed by atoms with Gasteiger partial charge in [-0.15, -0.1) is 0 Å². The van der Waals surface area contributed by atoms with Gasteiger partial charge in [-0.3, -0.25) is 4.79 Å². The fourth-order valence-electron chi connectivity index (χ4n) is 4.31. The average molecular weight is 330 g/mol. The fourth-order valence-corrected chi connectivity index (χ4v) is 4.31. The van der Waals surface area contributed by atoms with Crippen molar-refractivity contribution in [1.29, 1.82) is 0 Å². The van der Waals surface area contributed by atoms with Gasteiger partial charge in [-0.25, -0.2) is 0 Å². The van der Waals surface area contributed by atoms with Gasteiger partial charge in [0, 0.05) is 39.3 Å². The molecule has 2 heterocycles. The number of ether oxygens (including phenoxy) is 1. The third kappa shape index (κ3) is 3.98. The molecule has 1 amide bonds. The van der Waals surface area contributed by atoms with E-state index in [1.807, 2.05) is 18.2 Å². The van der Waals surface area contributed by atoms with Gasteiger partial charge in [0.15, 0.2) is 0 Å². The summed E-state index contributed by atoms with van der Waals surface area (Å²) in [6.07, 6.45) is 3.64. The highest BCUT2D eigenvalue weighted by molar-refractivity contribution is 5.77. The Morgan fingerprint density at radius 1 is 1.25 bits per heavy atom. The zero-order chi connectivity index (χ0) is 17.0. The molecular weight excluding hydrogens is 300 g/mol. The molecule has 0 bridgehead atoms. The van der Waals surface area contributed by atoms with Crippen molar-refractivity contribution in [2.75, 3.05) is 46.9 Å². The zero-order valence-corrected chi connectivity index (χ0v) is 15.0. The van der Waals surface area contributed by atoms with E-state index < -0.39 is 0 Å². The van der Waals surface area contributed by atoms with Gasteiger partial charge in [0.1, 0.15) is 0 Å². The van der Waals surface area contributed by atoms with Crippen molar-refractivity contribution in [3.8, 4) is 0 Å². The molecule has 4 nitrogen and oxygen atoms in total. The van der Waals surface area contributed by atoms with Gasteiger partial charge in [0.2, 0.25) is 5.91 Å². The van der Waals surface area contributed by atoms with E-state index in [0.717, 1.165) is 52.1 Å². The van der Waals surface area contributed by atoms with Crippen LogP contribution in [0.1, 0.15) is 24.8 Å². The Kier molecular flexibility index (Phi) is 5.57. The molecule has 2 fully saturated rings. The predicted molar refractivity (Wildman–Crippen MR) is 95.9 cm³/mol. The molecule has 1 aromatic rings.